The number of hydrazine groups is 1. The van der Waals surface area contributed by atoms with Crippen molar-refractivity contribution in [2.45, 2.75) is 25.4 Å². The molecule has 0 aliphatic carbocycles. The van der Waals surface area contributed by atoms with Crippen molar-refractivity contribution >= 4 is 23.2 Å². The van der Waals surface area contributed by atoms with E-state index in [1.54, 1.807) is 24.3 Å². The van der Waals surface area contributed by atoms with Crippen molar-refractivity contribution < 1.29 is 9.90 Å². The van der Waals surface area contributed by atoms with Gasteiger partial charge in [-0.05, 0) is 43.2 Å². The summed E-state index contributed by atoms with van der Waals surface area (Å²) in [4.78, 5) is 12.3. The smallest absolute Gasteiger partial charge is 0.242 e. The molecule has 120 valence electrons. The summed E-state index contributed by atoms with van der Waals surface area (Å²) in [6.07, 6.45) is 0.552. The maximum Gasteiger partial charge on any atom is 0.242 e. The molecule has 6 heteroatoms. The zero-order valence-electron chi connectivity index (χ0n) is 12.6. The molecular formula is C17H18ClN3O2. The number of rotatable bonds is 3. The molecule has 4 N–H and O–H groups in total. The van der Waals surface area contributed by atoms with Gasteiger partial charge in [0.1, 0.15) is 11.8 Å². The van der Waals surface area contributed by atoms with E-state index in [0.717, 1.165) is 11.1 Å². The average molecular weight is 332 g/mol. The minimum absolute atomic E-state index is 0.115. The van der Waals surface area contributed by atoms with Gasteiger partial charge in [-0.1, -0.05) is 29.8 Å². The lowest BCUT2D eigenvalue weighted by Gasteiger charge is -2.13. The van der Waals surface area contributed by atoms with Crippen molar-refractivity contribution in [1.82, 2.24) is 10.9 Å². The van der Waals surface area contributed by atoms with E-state index in [4.69, 9.17) is 11.6 Å². The number of carbonyl (C=O) groups is 1. The summed E-state index contributed by atoms with van der Waals surface area (Å²) in [7, 11) is 0. The number of hydrogen-bond donors (Lipinski definition) is 4. The molecule has 0 spiro atoms. The first-order valence-electron chi connectivity index (χ1n) is 7.40. The van der Waals surface area contributed by atoms with Crippen molar-refractivity contribution in [3.63, 3.8) is 0 Å². The minimum atomic E-state index is -0.379. The molecule has 0 bridgehead atoms. The van der Waals surface area contributed by atoms with E-state index in [9.17, 15) is 9.90 Å². The maximum absolute atomic E-state index is 12.3. The van der Waals surface area contributed by atoms with Gasteiger partial charge in [0.15, 0.2) is 0 Å². The number of aromatic hydroxyl groups is 1. The fourth-order valence-corrected chi connectivity index (χ4v) is 2.78. The third-order valence-electron chi connectivity index (χ3n) is 3.98. The van der Waals surface area contributed by atoms with Gasteiger partial charge in [-0.15, -0.1) is 0 Å². The predicted octanol–water partition coefficient (Wildman–Crippen LogP) is 2.90. The van der Waals surface area contributed by atoms with E-state index in [1.807, 2.05) is 25.1 Å². The average Bonchev–Trinajstić information content (AvgIpc) is 3.02. The quantitative estimate of drug-likeness (QED) is 0.698. The van der Waals surface area contributed by atoms with Gasteiger partial charge in [0, 0.05) is 16.3 Å². The van der Waals surface area contributed by atoms with Crippen molar-refractivity contribution in [2.24, 2.45) is 0 Å². The number of anilines is 1. The Kier molecular flexibility index (Phi) is 4.52. The number of carbonyl (C=O) groups excluding carboxylic acids is 1. The summed E-state index contributed by atoms with van der Waals surface area (Å²) in [5, 5.41) is 13.6. The number of phenolic OH excluding ortho intramolecular Hbond substituents is 1. The largest absolute Gasteiger partial charge is 0.507 e. The first kappa shape index (κ1) is 15.8. The van der Waals surface area contributed by atoms with Crippen LogP contribution in [0.25, 0.3) is 0 Å². The van der Waals surface area contributed by atoms with E-state index >= 15 is 0 Å². The molecule has 2 atom stereocenters. The highest BCUT2D eigenvalue weighted by Gasteiger charge is 2.31. The molecule has 2 aromatic carbocycles. The lowest BCUT2D eigenvalue weighted by atomic mass is 9.99. The Morgan fingerprint density at radius 2 is 1.96 bits per heavy atom. The van der Waals surface area contributed by atoms with Gasteiger partial charge < -0.3 is 10.4 Å². The Labute approximate surface area is 139 Å². The van der Waals surface area contributed by atoms with E-state index < -0.39 is 0 Å². The summed E-state index contributed by atoms with van der Waals surface area (Å²) >= 11 is 5.83. The Morgan fingerprint density at radius 1 is 1.22 bits per heavy atom. The number of para-hydroxylation sites is 1. The number of aryl methyl sites for hydroxylation is 1. The molecule has 1 amide bonds. The molecule has 1 heterocycles. The molecule has 1 aliphatic rings. The lowest BCUT2D eigenvalue weighted by molar-refractivity contribution is -0.117. The van der Waals surface area contributed by atoms with Crippen LogP contribution < -0.4 is 16.2 Å². The van der Waals surface area contributed by atoms with Crippen molar-refractivity contribution in [3.8, 4) is 5.75 Å². The van der Waals surface area contributed by atoms with E-state index in [0.29, 0.717) is 17.1 Å². The van der Waals surface area contributed by atoms with Crippen LogP contribution in [0.5, 0.6) is 5.75 Å². The van der Waals surface area contributed by atoms with E-state index in [-0.39, 0.29) is 23.7 Å². The van der Waals surface area contributed by atoms with Crippen LogP contribution in [0.4, 0.5) is 5.69 Å². The zero-order chi connectivity index (χ0) is 16.4. The van der Waals surface area contributed by atoms with Crippen LogP contribution in [0.1, 0.15) is 23.6 Å². The van der Waals surface area contributed by atoms with Crippen LogP contribution in [-0.2, 0) is 4.79 Å². The molecule has 0 saturated carbocycles. The van der Waals surface area contributed by atoms with Gasteiger partial charge in [0.2, 0.25) is 5.91 Å². The topological polar surface area (TPSA) is 73.4 Å². The Bertz CT molecular complexity index is 718. The maximum atomic E-state index is 12.3. The first-order chi connectivity index (χ1) is 11.0. The Morgan fingerprint density at radius 3 is 2.70 bits per heavy atom. The molecule has 1 fully saturated rings. The lowest BCUT2D eigenvalue weighted by Crippen LogP contribution is -2.39. The van der Waals surface area contributed by atoms with Crippen molar-refractivity contribution in [2.75, 3.05) is 5.32 Å². The summed E-state index contributed by atoms with van der Waals surface area (Å²) in [5.74, 6) is 0.139. The number of halogens is 1. The van der Waals surface area contributed by atoms with Crippen LogP contribution in [0.2, 0.25) is 5.02 Å². The molecule has 5 nitrogen and oxygen atoms in total. The van der Waals surface area contributed by atoms with Crippen molar-refractivity contribution in [1.29, 1.82) is 0 Å². The molecule has 2 unspecified atom stereocenters. The molecule has 1 saturated heterocycles. The summed E-state index contributed by atoms with van der Waals surface area (Å²) in [6, 6.07) is 12.1. The number of nitrogens with one attached hydrogen (secondary N) is 3. The fourth-order valence-electron chi connectivity index (χ4n) is 2.66. The molecule has 2 aromatic rings. The second-order valence-corrected chi connectivity index (χ2v) is 6.07. The van der Waals surface area contributed by atoms with Gasteiger partial charge >= 0.3 is 0 Å². The Hall–Kier alpha value is -2.08. The minimum Gasteiger partial charge on any atom is -0.507 e. The third-order valence-corrected chi connectivity index (χ3v) is 4.23. The van der Waals surface area contributed by atoms with Crippen molar-refractivity contribution in [3.05, 3.63) is 58.6 Å². The van der Waals surface area contributed by atoms with E-state index in [1.165, 1.54) is 0 Å². The monoisotopic (exact) mass is 331 g/mol. The number of amides is 1. The molecule has 0 aromatic heterocycles. The third kappa shape index (κ3) is 3.47. The number of hydrogen-bond acceptors (Lipinski definition) is 4. The van der Waals surface area contributed by atoms with Gasteiger partial charge in [-0.3, -0.25) is 4.79 Å². The predicted molar refractivity (Wildman–Crippen MR) is 90.3 cm³/mol. The Balaban J connectivity index is 1.66. The molecule has 3 rings (SSSR count). The fraction of sp³-hybridized carbons (Fsp3) is 0.235. The highest BCUT2D eigenvalue weighted by Crippen LogP contribution is 2.31. The second-order valence-electron chi connectivity index (χ2n) is 5.64. The summed E-state index contributed by atoms with van der Waals surface area (Å²) in [6.45, 7) is 1.85. The van der Waals surface area contributed by atoms with Crippen LogP contribution in [0.15, 0.2) is 42.5 Å². The van der Waals surface area contributed by atoms with Crippen LogP contribution in [0, 0.1) is 6.92 Å². The SMILES string of the molecule is Cc1cccc(C2CC(C(=O)Nc3ccc(Cl)cc3)NN2)c1O. The summed E-state index contributed by atoms with van der Waals surface area (Å²) < 4.78 is 0. The number of phenols is 1. The molecule has 0 radical (unpaired) electrons. The normalized spacial score (nSPS) is 20.4. The standard InChI is InChI=1S/C17H18ClN3O2/c1-10-3-2-4-13(16(10)22)14-9-15(21-20-14)17(23)19-12-7-5-11(18)6-8-12/h2-8,14-15,20-22H,9H2,1H3,(H,19,23). The first-order valence-corrected chi connectivity index (χ1v) is 7.78. The highest BCUT2D eigenvalue weighted by atomic mass is 35.5. The van der Waals surface area contributed by atoms with Gasteiger partial charge in [0.05, 0.1) is 6.04 Å². The van der Waals surface area contributed by atoms with E-state index in [2.05, 4.69) is 16.2 Å². The highest BCUT2D eigenvalue weighted by molar-refractivity contribution is 6.30. The zero-order valence-corrected chi connectivity index (χ0v) is 13.4. The second kappa shape index (κ2) is 6.58. The molecule has 23 heavy (non-hydrogen) atoms. The van der Waals surface area contributed by atoms with Gasteiger partial charge in [-0.2, -0.15) is 0 Å². The summed E-state index contributed by atoms with van der Waals surface area (Å²) in [5.41, 5.74) is 8.37. The van der Waals surface area contributed by atoms with Gasteiger partial charge in [0.25, 0.3) is 0 Å². The van der Waals surface area contributed by atoms with Crippen LogP contribution in [0.3, 0.4) is 0 Å². The number of benzene rings is 2. The van der Waals surface area contributed by atoms with Crippen LogP contribution in [-0.4, -0.2) is 17.1 Å². The molecular weight excluding hydrogens is 314 g/mol. The molecule has 1 aliphatic heterocycles. The van der Waals surface area contributed by atoms with Gasteiger partial charge in [-0.25, -0.2) is 10.9 Å². The van der Waals surface area contributed by atoms with Crippen LogP contribution >= 0.6 is 11.6 Å².